The number of hydrogen-bond acceptors (Lipinski definition) is 3. The number of aliphatic hydroxyl groups excluding tert-OH is 1. The van der Waals surface area contributed by atoms with Crippen LogP contribution >= 0.6 is 0 Å². The minimum atomic E-state index is -0.484. The van der Waals surface area contributed by atoms with E-state index < -0.39 is 5.63 Å². The summed E-state index contributed by atoms with van der Waals surface area (Å²) >= 11 is 0. The summed E-state index contributed by atoms with van der Waals surface area (Å²) in [4.78, 5) is 12.1. The molecule has 0 fully saturated rings. The molecular weight excluding hydrogens is 271 g/mol. The number of aliphatic hydroxyl groups is 1. The number of halogens is 1. The van der Waals surface area contributed by atoms with Crippen LogP contribution in [0.4, 0.5) is 4.39 Å². The van der Waals surface area contributed by atoms with Crippen molar-refractivity contribution in [1.82, 2.24) is 0 Å². The molecule has 0 spiro atoms. The molecule has 4 heteroatoms. The Hall–Kier alpha value is -2.46. The van der Waals surface area contributed by atoms with E-state index >= 15 is 0 Å². The van der Waals surface area contributed by atoms with Crippen LogP contribution in [-0.4, -0.2) is 5.11 Å². The van der Waals surface area contributed by atoms with E-state index in [-0.39, 0.29) is 12.4 Å². The zero-order valence-electron chi connectivity index (χ0n) is 11.4. The molecule has 1 N–H and O–H groups in total. The van der Waals surface area contributed by atoms with Gasteiger partial charge in [-0.3, -0.25) is 0 Å². The van der Waals surface area contributed by atoms with E-state index in [1.165, 1.54) is 12.1 Å². The third kappa shape index (κ3) is 2.45. The molecule has 0 bridgehead atoms. The van der Waals surface area contributed by atoms with Crippen molar-refractivity contribution in [3.05, 3.63) is 69.8 Å². The van der Waals surface area contributed by atoms with Gasteiger partial charge in [0.25, 0.3) is 0 Å². The van der Waals surface area contributed by atoms with Crippen molar-refractivity contribution in [1.29, 1.82) is 0 Å². The molecule has 3 nitrogen and oxygen atoms in total. The SMILES string of the molecule is Cc1cc2cc(-c3ccc(F)cc3)c(=O)oc2cc1CO. The van der Waals surface area contributed by atoms with Crippen molar-refractivity contribution >= 4 is 11.0 Å². The Bertz CT molecular complexity index is 864. The third-order valence-electron chi connectivity index (χ3n) is 3.52. The van der Waals surface area contributed by atoms with Gasteiger partial charge >= 0.3 is 5.63 Å². The minimum Gasteiger partial charge on any atom is -0.422 e. The molecule has 0 unspecified atom stereocenters. The maximum Gasteiger partial charge on any atom is 0.344 e. The molecule has 106 valence electrons. The second-order valence-corrected chi connectivity index (χ2v) is 4.93. The number of benzene rings is 2. The Kier molecular flexibility index (Phi) is 3.31. The molecule has 2 aromatic carbocycles. The molecule has 0 aliphatic carbocycles. The van der Waals surface area contributed by atoms with E-state index in [0.717, 1.165) is 16.5 Å². The lowest BCUT2D eigenvalue weighted by Crippen LogP contribution is -2.03. The number of aryl methyl sites for hydroxylation is 1. The number of rotatable bonds is 2. The van der Waals surface area contributed by atoms with Crippen LogP contribution in [0, 0.1) is 12.7 Å². The summed E-state index contributed by atoms with van der Waals surface area (Å²) in [5, 5.41) is 10.0. The zero-order valence-corrected chi connectivity index (χ0v) is 11.4. The van der Waals surface area contributed by atoms with Crippen molar-refractivity contribution < 1.29 is 13.9 Å². The van der Waals surface area contributed by atoms with Crippen LogP contribution in [0.5, 0.6) is 0 Å². The Morgan fingerprint density at radius 2 is 1.86 bits per heavy atom. The molecule has 3 rings (SSSR count). The van der Waals surface area contributed by atoms with Crippen LogP contribution in [0.25, 0.3) is 22.1 Å². The van der Waals surface area contributed by atoms with E-state index in [1.54, 1.807) is 24.3 Å². The Morgan fingerprint density at radius 1 is 1.14 bits per heavy atom. The molecule has 0 radical (unpaired) electrons. The zero-order chi connectivity index (χ0) is 15.0. The van der Waals surface area contributed by atoms with Gasteiger partial charge in [-0.25, -0.2) is 9.18 Å². The van der Waals surface area contributed by atoms with Gasteiger partial charge < -0.3 is 9.52 Å². The Balaban J connectivity index is 2.23. The van der Waals surface area contributed by atoms with Crippen LogP contribution in [0.15, 0.2) is 51.7 Å². The van der Waals surface area contributed by atoms with Gasteiger partial charge in [-0.1, -0.05) is 12.1 Å². The summed E-state index contributed by atoms with van der Waals surface area (Å²) in [6.45, 7) is 1.78. The van der Waals surface area contributed by atoms with Gasteiger partial charge in [-0.15, -0.1) is 0 Å². The summed E-state index contributed by atoms with van der Waals surface area (Å²) in [5.74, 6) is -0.354. The first-order valence-electron chi connectivity index (χ1n) is 6.52. The Labute approximate surface area is 120 Å². The molecule has 0 saturated carbocycles. The van der Waals surface area contributed by atoms with Crippen molar-refractivity contribution in [2.45, 2.75) is 13.5 Å². The predicted molar refractivity (Wildman–Crippen MR) is 78.5 cm³/mol. The van der Waals surface area contributed by atoms with Crippen molar-refractivity contribution in [3.63, 3.8) is 0 Å². The van der Waals surface area contributed by atoms with Gasteiger partial charge in [0.05, 0.1) is 12.2 Å². The van der Waals surface area contributed by atoms with Crippen LogP contribution in [-0.2, 0) is 6.61 Å². The standard InChI is InChI=1S/C17H13FO3/c1-10-6-12-7-15(11-2-4-14(18)5-3-11)17(20)21-16(12)8-13(10)9-19/h2-8,19H,9H2,1H3. The summed E-state index contributed by atoms with van der Waals surface area (Å²) in [6, 6.07) is 10.9. The molecule has 0 aliphatic heterocycles. The van der Waals surface area contributed by atoms with E-state index in [9.17, 15) is 14.3 Å². The summed E-state index contributed by atoms with van der Waals surface area (Å²) in [6.07, 6.45) is 0. The van der Waals surface area contributed by atoms with Crippen LogP contribution in [0.1, 0.15) is 11.1 Å². The summed E-state index contributed by atoms with van der Waals surface area (Å²) in [7, 11) is 0. The predicted octanol–water partition coefficient (Wildman–Crippen LogP) is 3.40. The molecule has 1 aromatic heterocycles. The Morgan fingerprint density at radius 3 is 2.52 bits per heavy atom. The highest BCUT2D eigenvalue weighted by molar-refractivity contribution is 5.83. The molecular formula is C17H13FO3. The van der Waals surface area contributed by atoms with Crippen molar-refractivity contribution in [2.24, 2.45) is 0 Å². The maximum absolute atomic E-state index is 13.0. The van der Waals surface area contributed by atoms with Crippen molar-refractivity contribution in [3.8, 4) is 11.1 Å². The van der Waals surface area contributed by atoms with Gasteiger partial charge in [0.2, 0.25) is 0 Å². The monoisotopic (exact) mass is 284 g/mol. The fourth-order valence-electron chi connectivity index (χ4n) is 2.32. The van der Waals surface area contributed by atoms with Gasteiger partial charge in [0.1, 0.15) is 11.4 Å². The quantitative estimate of drug-likeness (QED) is 0.734. The maximum atomic E-state index is 13.0. The first-order valence-corrected chi connectivity index (χ1v) is 6.52. The molecule has 0 saturated heterocycles. The van der Waals surface area contributed by atoms with Gasteiger partial charge in [0, 0.05) is 5.39 Å². The van der Waals surface area contributed by atoms with Gasteiger partial charge in [-0.2, -0.15) is 0 Å². The lowest BCUT2D eigenvalue weighted by atomic mass is 10.0. The first-order chi connectivity index (χ1) is 10.1. The number of fused-ring (bicyclic) bond motifs is 1. The second-order valence-electron chi connectivity index (χ2n) is 4.93. The smallest absolute Gasteiger partial charge is 0.344 e. The highest BCUT2D eigenvalue weighted by Gasteiger charge is 2.10. The minimum absolute atomic E-state index is 0.106. The van der Waals surface area contributed by atoms with Crippen LogP contribution in [0.3, 0.4) is 0 Å². The molecule has 0 aliphatic rings. The second kappa shape index (κ2) is 5.14. The van der Waals surface area contributed by atoms with Gasteiger partial charge in [-0.05, 0) is 53.9 Å². The molecule has 0 amide bonds. The largest absolute Gasteiger partial charge is 0.422 e. The normalized spacial score (nSPS) is 11.0. The molecule has 1 heterocycles. The average molecular weight is 284 g/mol. The van der Waals surface area contributed by atoms with Crippen LogP contribution < -0.4 is 5.63 Å². The van der Waals surface area contributed by atoms with E-state index in [2.05, 4.69) is 0 Å². The fourth-order valence-corrected chi connectivity index (χ4v) is 2.32. The highest BCUT2D eigenvalue weighted by Crippen LogP contribution is 2.24. The fraction of sp³-hybridized carbons (Fsp3) is 0.118. The topological polar surface area (TPSA) is 50.4 Å². The first kappa shape index (κ1) is 13.5. The lowest BCUT2D eigenvalue weighted by molar-refractivity contribution is 0.281. The highest BCUT2D eigenvalue weighted by atomic mass is 19.1. The van der Waals surface area contributed by atoms with E-state index in [0.29, 0.717) is 16.7 Å². The summed E-state index contributed by atoms with van der Waals surface area (Å²) in [5.41, 5.74) is 2.58. The third-order valence-corrected chi connectivity index (χ3v) is 3.52. The van der Waals surface area contributed by atoms with Crippen LogP contribution in [0.2, 0.25) is 0 Å². The van der Waals surface area contributed by atoms with Gasteiger partial charge in [0.15, 0.2) is 0 Å². The molecule has 0 atom stereocenters. The van der Waals surface area contributed by atoms with E-state index in [4.69, 9.17) is 4.42 Å². The lowest BCUT2D eigenvalue weighted by Gasteiger charge is -2.06. The molecule has 3 aromatic rings. The van der Waals surface area contributed by atoms with E-state index in [1.807, 2.05) is 13.0 Å². The molecule has 21 heavy (non-hydrogen) atoms. The number of hydrogen-bond donors (Lipinski definition) is 1. The van der Waals surface area contributed by atoms with Crippen molar-refractivity contribution in [2.75, 3.05) is 0 Å². The average Bonchev–Trinajstić information content (AvgIpc) is 2.47. The summed E-state index contributed by atoms with van der Waals surface area (Å²) < 4.78 is 18.3.